The van der Waals surface area contributed by atoms with Gasteiger partial charge in [-0.3, -0.25) is 0 Å². The first-order valence-corrected chi connectivity index (χ1v) is 8.06. The van der Waals surface area contributed by atoms with Crippen LogP contribution < -0.4 is 4.90 Å². The Labute approximate surface area is 157 Å². The fourth-order valence-corrected chi connectivity index (χ4v) is 3.10. The number of pyridine rings is 1. The van der Waals surface area contributed by atoms with E-state index in [0.29, 0.717) is 0 Å². The molecule has 24 heavy (non-hydrogen) atoms. The molecule has 2 aromatic rings. The van der Waals surface area contributed by atoms with E-state index in [2.05, 4.69) is 70.0 Å². The average Bonchev–Trinajstić information content (AvgIpc) is 2.84. The molecular weight excluding hydrogens is 474 g/mol. The van der Waals surface area contributed by atoms with Crippen molar-refractivity contribution in [1.29, 1.82) is 0 Å². The summed E-state index contributed by atoms with van der Waals surface area (Å²) in [7, 11) is 0. The molecule has 0 fully saturated rings. The molecule has 4 heteroatoms. The van der Waals surface area contributed by atoms with Crippen molar-refractivity contribution in [3.63, 3.8) is 0 Å². The predicted molar refractivity (Wildman–Crippen MR) is 95.0 cm³/mol. The maximum absolute atomic E-state index is 4.91. The first-order valence-electron chi connectivity index (χ1n) is 8.06. The van der Waals surface area contributed by atoms with E-state index >= 15 is 0 Å². The molecule has 2 aliphatic rings. The van der Waals surface area contributed by atoms with Crippen molar-refractivity contribution < 1.29 is 20.1 Å². The molecule has 0 saturated carbocycles. The first kappa shape index (κ1) is 17.2. The van der Waals surface area contributed by atoms with E-state index in [1.165, 1.54) is 16.8 Å². The van der Waals surface area contributed by atoms with Crippen LogP contribution in [0, 0.1) is 19.9 Å². The number of fused-ring (bicyclic) bond motifs is 5. The van der Waals surface area contributed by atoms with Gasteiger partial charge in [-0.05, 0) is 54.5 Å². The summed E-state index contributed by atoms with van der Waals surface area (Å²) in [5, 5.41) is 4.91. The van der Waals surface area contributed by atoms with Gasteiger partial charge in [0.1, 0.15) is 0 Å². The molecule has 0 aliphatic carbocycles. The van der Waals surface area contributed by atoms with Crippen LogP contribution in [0.3, 0.4) is 0 Å². The molecule has 3 nitrogen and oxygen atoms in total. The van der Waals surface area contributed by atoms with Crippen LogP contribution in [0.5, 0.6) is 0 Å². The Hall–Kier alpha value is -1.64. The fraction of sp³-hybridized carbons (Fsp3) is 0.350. The van der Waals surface area contributed by atoms with Crippen LogP contribution in [-0.4, -0.2) is 4.98 Å². The quantitative estimate of drug-likeness (QED) is 0.464. The van der Waals surface area contributed by atoms with Crippen LogP contribution in [0.4, 0.5) is 11.4 Å². The summed E-state index contributed by atoms with van der Waals surface area (Å²) in [6.07, 6.45) is 4.15. The molecule has 3 heterocycles. The summed E-state index contributed by atoms with van der Waals surface area (Å²) in [5.41, 5.74) is 7.95. The average molecular weight is 496 g/mol. The summed E-state index contributed by atoms with van der Waals surface area (Å²) in [4.78, 5) is 7.06. The minimum absolute atomic E-state index is 0. The summed E-state index contributed by atoms with van der Waals surface area (Å²) in [6.45, 7) is 10.8. The number of rotatable bonds is 0. The van der Waals surface area contributed by atoms with Gasteiger partial charge >= 0.3 is 0 Å². The number of aromatic nitrogens is 1. The van der Waals surface area contributed by atoms with Gasteiger partial charge in [0.2, 0.25) is 0 Å². The minimum Gasteiger partial charge on any atom is -0.661 e. The van der Waals surface area contributed by atoms with Gasteiger partial charge in [-0.2, -0.15) is 12.1 Å². The molecule has 0 bridgehead atoms. The second-order valence-corrected chi connectivity index (χ2v) is 7.49. The zero-order valence-corrected chi connectivity index (χ0v) is 17.0. The smallest absolute Gasteiger partial charge is 0.0248 e. The molecule has 4 rings (SSSR count). The van der Waals surface area contributed by atoms with Crippen LogP contribution >= 0.6 is 0 Å². The Kier molecular flexibility index (Phi) is 4.09. The Morgan fingerprint density at radius 3 is 2.58 bits per heavy atom. The molecule has 0 spiro atoms. The Morgan fingerprint density at radius 2 is 1.88 bits per heavy atom. The van der Waals surface area contributed by atoms with Crippen molar-refractivity contribution in [3.05, 3.63) is 63.9 Å². The molecule has 1 atom stereocenters. The minimum atomic E-state index is -0.0345. The monoisotopic (exact) mass is 496 g/mol. The fourth-order valence-electron chi connectivity index (χ4n) is 3.10. The number of nitrogens with zero attached hydrogens (tertiary/aromatic N) is 3. The third-order valence-corrected chi connectivity index (χ3v) is 4.69. The van der Waals surface area contributed by atoms with Crippen LogP contribution in [-0.2, 0) is 25.5 Å². The Bertz CT molecular complexity index is 834. The largest absolute Gasteiger partial charge is 0.661 e. The summed E-state index contributed by atoms with van der Waals surface area (Å²) < 4.78 is 0. The maximum atomic E-state index is 4.91. The molecule has 0 N–H and O–H groups in total. The van der Waals surface area contributed by atoms with Crippen molar-refractivity contribution in [3.8, 4) is 0 Å². The number of hydrogen-bond acceptors (Lipinski definition) is 2. The second-order valence-electron chi connectivity index (χ2n) is 7.49. The van der Waals surface area contributed by atoms with Gasteiger partial charge in [-0.15, -0.1) is 11.3 Å². The molecule has 1 unspecified atom stereocenters. The molecule has 127 valence electrons. The zero-order chi connectivity index (χ0) is 16.4. The van der Waals surface area contributed by atoms with Crippen LogP contribution in [0.2, 0.25) is 0 Å². The van der Waals surface area contributed by atoms with Gasteiger partial charge in [-0.25, -0.2) is 0 Å². The van der Waals surface area contributed by atoms with Crippen molar-refractivity contribution in [1.82, 2.24) is 4.98 Å². The third kappa shape index (κ3) is 2.58. The van der Waals surface area contributed by atoms with Crippen molar-refractivity contribution in [2.45, 2.75) is 46.2 Å². The second kappa shape index (κ2) is 5.72. The first-order chi connectivity index (χ1) is 10.8. The Balaban J connectivity index is 0.00000169. The van der Waals surface area contributed by atoms with Gasteiger partial charge in [0.05, 0.1) is 0 Å². The molecule has 1 radical (unpaired) electrons. The van der Waals surface area contributed by atoms with E-state index in [1.807, 2.05) is 6.07 Å². The number of benzene rings is 1. The standard InChI is InChI=1S/C20H21N3.Ir/c1-12-10-16-17(11-13(12)2)23-9-8-15-14(19(23)22-16)6-7-18(21-15)20(3,4)5;/h7-11,19H,1-5H3;/q-2;. The van der Waals surface area contributed by atoms with Crippen molar-refractivity contribution in [2.75, 3.05) is 4.90 Å². The van der Waals surface area contributed by atoms with Gasteiger partial charge in [0.15, 0.2) is 0 Å². The number of anilines is 1. The topological polar surface area (TPSA) is 30.2 Å². The zero-order valence-electron chi connectivity index (χ0n) is 14.6. The molecular formula is C20H21IrN3-2. The van der Waals surface area contributed by atoms with E-state index in [4.69, 9.17) is 10.3 Å². The molecule has 1 aromatic carbocycles. The Morgan fingerprint density at radius 1 is 1.17 bits per heavy atom. The molecule has 0 saturated heterocycles. The van der Waals surface area contributed by atoms with Crippen LogP contribution in [0.1, 0.15) is 55.0 Å². The molecule has 0 amide bonds. The van der Waals surface area contributed by atoms with E-state index < -0.39 is 0 Å². The van der Waals surface area contributed by atoms with E-state index in [9.17, 15) is 0 Å². The number of aryl methyl sites for hydroxylation is 2. The third-order valence-electron chi connectivity index (χ3n) is 4.69. The SMILES string of the molecule is Cc1cc2c(cc1C)N1C=Cc3nc(C(C)(C)C)c[c-]c3C1[N-]2.[Ir]. The van der Waals surface area contributed by atoms with Crippen LogP contribution in [0.15, 0.2) is 24.4 Å². The number of hydrogen-bond donors (Lipinski definition) is 0. The summed E-state index contributed by atoms with van der Waals surface area (Å²) in [5.74, 6) is 0. The predicted octanol–water partition coefficient (Wildman–Crippen LogP) is 5.30. The normalized spacial score (nSPS) is 17.5. The van der Waals surface area contributed by atoms with E-state index in [1.54, 1.807) is 0 Å². The van der Waals surface area contributed by atoms with Gasteiger partial charge < -0.3 is 15.2 Å². The maximum Gasteiger partial charge on any atom is 0.0248 e. The summed E-state index contributed by atoms with van der Waals surface area (Å²) >= 11 is 0. The molecule has 1 aromatic heterocycles. The van der Waals surface area contributed by atoms with Crippen LogP contribution in [0.25, 0.3) is 11.4 Å². The molecule has 2 aliphatic heterocycles. The van der Waals surface area contributed by atoms with E-state index in [-0.39, 0.29) is 31.7 Å². The summed E-state index contributed by atoms with van der Waals surface area (Å²) in [6, 6.07) is 9.87. The van der Waals surface area contributed by atoms with Crippen molar-refractivity contribution >= 4 is 17.5 Å². The van der Waals surface area contributed by atoms with E-state index in [0.717, 1.165) is 22.6 Å². The van der Waals surface area contributed by atoms with Gasteiger partial charge in [-0.1, -0.05) is 38.6 Å². The van der Waals surface area contributed by atoms with Gasteiger partial charge in [0.25, 0.3) is 0 Å². The van der Waals surface area contributed by atoms with Gasteiger partial charge in [0, 0.05) is 25.8 Å². The van der Waals surface area contributed by atoms with Crippen molar-refractivity contribution in [2.24, 2.45) is 0 Å².